The van der Waals surface area contributed by atoms with Crippen molar-refractivity contribution >= 4 is 17.6 Å². The molecule has 1 aromatic heterocycles. The van der Waals surface area contributed by atoms with Crippen LogP contribution in [0.3, 0.4) is 0 Å². The molecular formula is C37H42ClF3N4O3. The van der Waals surface area contributed by atoms with Crippen LogP contribution in [0.25, 0.3) is 22.8 Å². The number of hydrogen-bond donors (Lipinski definition) is 2. The molecule has 1 aliphatic rings. The van der Waals surface area contributed by atoms with E-state index in [2.05, 4.69) is 28.9 Å². The Morgan fingerprint density at radius 2 is 1.71 bits per heavy atom. The number of hydrogen-bond acceptors (Lipinski definition) is 6. The van der Waals surface area contributed by atoms with Crippen LogP contribution in [-0.2, 0) is 23.8 Å². The SMILES string of the molecule is CC(C)Cc1ccc(-c2nc(-c3ccc(C(CC(C)(C)N)N4CCC(Cc5cccc(C(F)(F)F)c5)(C(=O)O)CC4)cc3)no2)cc1Cl. The minimum absolute atomic E-state index is 0.0306. The molecule has 1 fully saturated rings. The number of likely N-dealkylation sites (tertiary alicyclic amines) is 1. The first kappa shape index (κ1) is 35.6. The van der Waals surface area contributed by atoms with Gasteiger partial charge in [0.2, 0.25) is 5.82 Å². The second kappa shape index (κ2) is 14.0. The Morgan fingerprint density at radius 1 is 1.04 bits per heavy atom. The number of nitrogens with zero attached hydrogens (tertiary/aromatic N) is 3. The molecule has 3 N–H and O–H groups in total. The Kier molecular flexibility index (Phi) is 10.4. The number of carboxylic acids is 1. The highest BCUT2D eigenvalue weighted by Gasteiger charge is 2.43. The van der Waals surface area contributed by atoms with Crippen molar-refractivity contribution in [3.8, 4) is 22.8 Å². The smallest absolute Gasteiger partial charge is 0.416 e. The maximum absolute atomic E-state index is 13.3. The second-order valence-corrected chi connectivity index (χ2v) is 14.6. The van der Waals surface area contributed by atoms with Gasteiger partial charge in [-0.3, -0.25) is 9.69 Å². The summed E-state index contributed by atoms with van der Waals surface area (Å²) in [6, 6.07) is 18.5. The van der Waals surface area contributed by atoms with Crippen LogP contribution in [-0.4, -0.2) is 44.7 Å². The zero-order valence-corrected chi connectivity index (χ0v) is 28.4. The number of carbonyl (C=O) groups is 1. The van der Waals surface area contributed by atoms with Crippen LogP contribution < -0.4 is 5.73 Å². The lowest BCUT2D eigenvalue weighted by Gasteiger charge is -2.44. The molecule has 1 atom stereocenters. The first-order chi connectivity index (χ1) is 22.5. The van der Waals surface area contributed by atoms with Crippen molar-refractivity contribution in [1.29, 1.82) is 0 Å². The zero-order valence-electron chi connectivity index (χ0n) is 27.6. The van der Waals surface area contributed by atoms with E-state index in [0.717, 1.165) is 40.8 Å². The molecule has 0 saturated carbocycles. The van der Waals surface area contributed by atoms with Crippen LogP contribution in [0, 0.1) is 11.3 Å². The molecule has 5 rings (SSSR count). The van der Waals surface area contributed by atoms with E-state index in [-0.39, 0.29) is 12.5 Å². The number of piperidine rings is 1. The molecular weight excluding hydrogens is 641 g/mol. The van der Waals surface area contributed by atoms with Gasteiger partial charge in [-0.1, -0.05) is 79.1 Å². The van der Waals surface area contributed by atoms with Crippen molar-refractivity contribution in [3.63, 3.8) is 0 Å². The monoisotopic (exact) mass is 682 g/mol. The predicted octanol–water partition coefficient (Wildman–Crippen LogP) is 8.85. The van der Waals surface area contributed by atoms with Gasteiger partial charge in [-0.05, 0) is 99.8 Å². The quantitative estimate of drug-likeness (QED) is 0.163. The molecule has 7 nitrogen and oxygen atoms in total. The highest BCUT2D eigenvalue weighted by molar-refractivity contribution is 6.31. The average Bonchev–Trinajstić information content (AvgIpc) is 3.51. The van der Waals surface area contributed by atoms with Gasteiger partial charge in [-0.15, -0.1) is 0 Å². The molecule has 0 aliphatic carbocycles. The fourth-order valence-electron chi connectivity index (χ4n) is 6.53. The van der Waals surface area contributed by atoms with Crippen LogP contribution in [0.1, 0.15) is 75.3 Å². The Bertz CT molecular complexity index is 1720. The maximum atomic E-state index is 13.3. The molecule has 0 spiro atoms. The van der Waals surface area contributed by atoms with E-state index in [1.165, 1.54) is 6.07 Å². The van der Waals surface area contributed by atoms with Gasteiger partial charge in [0.05, 0.1) is 11.0 Å². The topological polar surface area (TPSA) is 105 Å². The van der Waals surface area contributed by atoms with Crippen molar-refractivity contribution in [1.82, 2.24) is 15.0 Å². The summed E-state index contributed by atoms with van der Waals surface area (Å²) in [7, 11) is 0. The third kappa shape index (κ3) is 8.46. The second-order valence-electron chi connectivity index (χ2n) is 14.2. The van der Waals surface area contributed by atoms with Crippen molar-refractivity contribution in [3.05, 3.63) is 94.0 Å². The largest absolute Gasteiger partial charge is 0.481 e. The minimum Gasteiger partial charge on any atom is -0.481 e. The van der Waals surface area contributed by atoms with Gasteiger partial charge in [-0.25, -0.2) is 0 Å². The summed E-state index contributed by atoms with van der Waals surface area (Å²) in [6.45, 7) is 9.11. The van der Waals surface area contributed by atoms with Crippen molar-refractivity contribution in [2.75, 3.05) is 13.1 Å². The molecule has 0 amide bonds. The Balaban J connectivity index is 1.32. The summed E-state index contributed by atoms with van der Waals surface area (Å²) < 4.78 is 45.6. The van der Waals surface area contributed by atoms with E-state index >= 15 is 0 Å². The number of nitrogens with two attached hydrogens (primary N) is 1. The normalized spacial score (nSPS) is 16.3. The molecule has 1 saturated heterocycles. The van der Waals surface area contributed by atoms with Crippen LogP contribution in [0.15, 0.2) is 71.3 Å². The van der Waals surface area contributed by atoms with E-state index in [0.29, 0.717) is 60.6 Å². The van der Waals surface area contributed by atoms with Crippen LogP contribution in [0.5, 0.6) is 0 Å². The lowest BCUT2D eigenvalue weighted by molar-refractivity contribution is -0.152. The third-order valence-corrected chi connectivity index (χ3v) is 9.43. The molecule has 1 aliphatic heterocycles. The summed E-state index contributed by atoms with van der Waals surface area (Å²) in [4.78, 5) is 19.4. The van der Waals surface area contributed by atoms with E-state index in [4.69, 9.17) is 21.9 Å². The number of aliphatic carboxylic acids is 1. The minimum atomic E-state index is -4.49. The molecule has 11 heteroatoms. The molecule has 4 aromatic rings. The number of alkyl halides is 3. The van der Waals surface area contributed by atoms with Gasteiger partial charge in [0.1, 0.15) is 0 Å². The van der Waals surface area contributed by atoms with Gasteiger partial charge in [0, 0.05) is 27.7 Å². The Labute approximate surface area is 284 Å². The first-order valence-corrected chi connectivity index (χ1v) is 16.6. The number of aromatic nitrogens is 2. The highest BCUT2D eigenvalue weighted by atomic mass is 35.5. The van der Waals surface area contributed by atoms with Gasteiger partial charge in [0.15, 0.2) is 0 Å². The van der Waals surface area contributed by atoms with Gasteiger partial charge >= 0.3 is 12.1 Å². The first-order valence-electron chi connectivity index (χ1n) is 16.2. The number of rotatable bonds is 11. The van der Waals surface area contributed by atoms with E-state index in [9.17, 15) is 23.1 Å². The van der Waals surface area contributed by atoms with Crippen molar-refractivity contribution < 1.29 is 27.6 Å². The van der Waals surface area contributed by atoms with Gasteiger partial charge in [-0.2, -0.15) is 18.2 Å². The maximum Gasteiger partial charge on any atom is 0.416 e. The van der Waals surface area contributed by atoms with Crippen molar-refractivity contribution in [2.24, 2.45) is 17.1 Å². The highest BCUT2D eigenvalue weighted by Crippen LogP contribution is 2.41. The Morgan fingerprint density at radius 3 is 2.29 bits per heavy atom. The fraction of sp³-hybridized carbons (Fsp3) is 0.432. The predicted molar refractivity (Wildman–Crippen MR) is 180 cm³/mol. The summed E-state index contributed by atoms with van der Waals surface area (Å²) in [5.74, 6) is 0.296. The molecule has 0 radical (unpaired) electrons. The zero-order chi connectivity index (χ0) is 34.9. The van der Waals surface area contributed by atoms with Crippen molar-refractivity contribution in [2.45, 2.75) is 77.6 Å². The van der Waals surface area contributed by atoms with Crippen LogP contribution >= 0.6 is 11.6 Å². The fourth-order valence-corrected chi connectivity index (χ4v) is 6.79. The summed E-state index contributed by atoms with van der Waals surface area (Å²) in [5, 5.41) is 15.1. The summed E-state index contributed by atoms with van der Waals surface area (Å²) in [5.41, 5.74) is 8.00. The van der Waals surface area contributed by atoms with E-state index in [1.807, 2.05) is 56.3 Å². The number of carboxylic acid groups (broad SMARTS) is 1. The molecule has 0 bridgehead atoms. The average molecular weight is 683 g/mol. The van der Waals surface area contributed by atoms with Gasteiger partial charge in [0.25, 0.3) is 5.89 Å². The van der Waals surface area contributed by atoms with E-state index in [1.54, 1.807) is 6.07 Å². The van der Waals surface area contributed by atoms with Crippen LogP contribution in [0.4, 0.5) is 13.2 Å². The molecule has 256 valence electrons. The molecule has 48 heavy (non-hydrogen) atoms. The number of benzene rings is 3. The van der Waals surface area contributed by atoms with E-state index < -0.39 is 28.7 Å². The van der Waals surface area contributed by atoms with Gasteiger partial charge < -0.3 is 15.4 Å². The molecule has 2 heterocycles. The number of halogens is 4. The molecule has 1 unspecified atom stereocenters. The lowest BCUT2D eigenvalue weighted by atomic mass is 9.73. The standard InChI is InChI=1S/C37H42ClF3N4O3/c1-23(2)18-27-12-13-28(20-30(27)38)33-43-32(44-48-33)26-10-8-25(9-11-26)31(22-35(3,4)42)45-16-14-36(15-17-45,34(46)47)21-24-6-5-7-29(19-24)37(39,40)41/h5-13,19-20,23,31H,14-18,21-22,42H2,1-4H3,(H,46,47). The lowest BCUT2D eigenvalue weighted by Crippen LogP contribution is -2.48. The molecule has 3 aromatic carbocycles. The summed E-state index contributed by atoms with van der Waals surface area (Å²) in [6.07, 6.45) is -2.38. The Hall–Kier alpha value is -3.73. The third-order valence-electron chi connectivity index (χ3n) is 9.07. The van der Waals surface area contributed by atoms with Crippen LogP contribution in [0.2, 0.25) is 5.02 Å². The summed E-state index contributed by atoms with van der Waals surface area (Å²) >= 11 is 6.52.